The second-order valence-electron chi connectivity index (χ2n) is 5.58. The van der Waals surface area contributed by atoms with Gasteiger partial charge in [0.15, 0.2) is 0 Å². The fourth-order valence-corrected chi connectivity index (χ4v) is 2.55. The Morgan fingerprint density at radius 3 is 2.80 bits per heavy atom. The number of hydrogen-bond donors (Lipinski definition) is 2. The second kappa shape index (κ2) is 6.55. The van der Waals surface area contributed by atoms with E-state index in [-0.39, 0.29) is 18.2 Å². The Balaban J connectivity index is 1.84. The molecule has 1 aliphatic carbocycles. The van der Waals surface area contributed by atoms with E-state index in [0.717, 1.165) is 12.8 Å². The lowest BCUT2D eigenvalue weighted by Crippen LogP contribution is -2.28. The van der Waals surface area contributed by atoms with E-state index < -0.39 is 5.97 Å². The zero-order chi connectivity index (χ0) is 14.5. The molecule has 1 aliphatic rings. The Morgan fingerprint density at radius 1 is 1.30 bits per heavy atom. The van der Waals surface area contributed by atoms with Crippen LogP contribution in [0.2, 0.25) is 0 Å². The van der Waals surface area contributed by atoms with Crippen LogP contribution in [-0.2, 0) is 17.6 Å². The molecular weight excluding hydrogens is 254 g/mol. The lowest BCUT2D eigenvalue weighted by atomic mass is 10.0. The summed E-state index contributed by atoms with van der Waals surface area (Å²) in [5.74, 6) is -0.687. The van der Waals surface area contributed by atoms with Crippen molar-refractivity contribution in [2.75, 3.05) is 6.54 Å². The Morgan fingerprint density at radius 2 is 2.05 bits per heavy atom. The SMILES string of the molecule is CC(CCC(=O)O)CNC(=O)c1ccc2c(c1)CCC2. The first-order valence-corrected chi connectivity index (χ1v) is 7.18. The van der Waals surface area contributed by atoms with Crippen molar-refractivity contribution in [1.82, 2.24) is 5.32 Å². The second-order valence-corrected chi connectivity index (χ2v) is 5.58. The van der Waals surface area contributed by atoms with E-state index in [1.54, 1.807) is 0 Å². The first kappa shape index (κ1) is 14.6. The number of carboxylic acids is 1. The fourth-order valence-electron chi connectivity index (χ4n) is 2.55. The van der Waals surface area contributed by atoms with Gasteiger partial charge in [0.1, 0.15) is 0 Å². The number of benzene rings is 1. The zero-order valence-electron chi connectivity index (χ0n) is 11.8. The number of amides is 1. The molecule has 108 valence electrons. The highest BCUT2D eigenvalue weighted by molar-refractivity contribution is 5.94. The molecule has 0 heterocycles. The summed E-state index contributed by atoms with van der Waals surface area (Å²) in [6, 6.07) is 5.91. The number of aliphatic carboxylic acids is 1. The van der Waals surface area contributed by atoms with Crippen molar-refractivity contribution < 1.29 is 14.7 Å². The van der Waals surface area contributed by atoms with Crippen molar-refractivity contribution in [3.63, 3.8) is 0 Å². The zero-order valence-corrected chi connectivity index (χ0v) is 11.8. The van der Waals surface area contributed by atoms with Crippen molar-refractivity contribution in [3.8, 4) is 0 Å². The summed E-state index contributed by atoms with van der Waals surface area (Å²) >= 11 is 0. The van der Waals surface area contributed by atoms with Crippen LogP contribution in [0.15, 0.2) is 18.2 Å². The molecule has 0 saturated heterocycles. The lowest BCUT2D eigenvalue weighted by Gasteiger charge is -2.12. The average Bonchev–Trinajstić information content (AvgIpc) is 2.89. The van der Waals surface area contributed by atoms with E-state index >= 15 is 0 Å². The molecule has 0 fully saturated rings. The summed E-state index contributed by atoms with van der Waals surface area (Å²) in [6.07, 6.45) is 4.08. The van der Waals surface area contributed by atoms with Crippen molar-refractivity contribution in [2.24, 2.45) is 5.92 Å². The smallest absolute Gasteiger partial charge is 0.303 e. The maximum atomic E-state index is 12.1. The van der Waals surface area contributed by atoms with Gasteiger partial charge in [0, 0.05) is 18.5 Å². The van der Waals surface area contributed by atoms with Gasteiger partial charge in [0.05, 0.1) is 0 Å². The molecule has 2 N–H and O–H groups in total. The number of aryl methyl sites for hydroxylation is 2. The molecular formula is C16H21NO3. The fraction of sp³-hybridized carbons (Fsp3) is 0.500. The molecule has 0 aromatic heterocycles. The third kappa shape index (κ3) is 3.83. The Hall–Kier alpha value is -1.84. The van der Waals surface area contributed by atoms with Crippen LogP contribution < -0.4 is 5.32 Å². The molecule has 1 atom stereocenters. The van der Waals surface area contributed by atoms with Gasteiger partial charge in [0.25, 0.3) is 5.91 Å². The van der Waals surface area contributed by atoms with Crippen LogP contribution in [-0.4, -0.2) is 23.5 Å². The van der Waals surface area contributed by atoms with Crippen molar-refractivity contribution in [2.45, 2.75) is 39.0 Å². The molecule has 1 aromatic carbocycles. The highest BCUT2D eigenvalue weighted by Gasteiger charge is 2.14. The summed E-state index contributed by atoms with van der Waals surface area (Å²) < 4.78 is 0. The summed E-state index contributed by atoms with van der Waals surface area (Å²) in [6.45, 7) is 2.47. The van der Waals surface area contributed by atoms with Crippen LogP contribution in [0.5, 0.6) is 0 Å². The van der Waals surface area contributed by atoms with E-state index in [1.807, 2.05) is 25.1 Å². The Labute approximate surface area is 119 Å². The van der Waals surface area contributed by atoms with E-state index in [1.165, 1.54) is 17.5 Å². The molecule has 1 amide bonds. The van der Waals surface area contributed by atoms with E-state index in [0.29, 0.717) is 18.5 Å². The number of carboxylic acid groups (broad SMARTS) is 1. The Bertz CT molecular complexity index is 510. The van der Waals surface area contributed by atoms with Gasteiger partial charge in [0.2, 0.25) is 0 Å². The summed E-state index contributed by atoms with van der Waals surface area (Å²) in [4.78, 5) is 22.5. The molecule has 0 radical (unpaired) electrons. The number of nitrogens with one attached hydrogen (secondary N) is 1. The van der Waals surface area contributed by atoms with Crippen LogP contribution >= 0.6 is 0 Å². The quantitative estimate of drug-likeness (QED) is 0.837. The van der Waals surface area contributed by atoms with Crippen LogP contribution in [0, 0.1) is 5.92 Å². The van der Waals surface area contributed by atoms with Gasteiger partial charge in [-0.2, -0.15) is 0 Å². The monoisotopic (exact) mass is 275 g/mol. The normalized spacial score (nSPS) is 14.7. The number of rotatable bonds is 6. The predicted octanol–water partition coefficient (Wildman–Crippen LogP) is 2.41. The lowest BCUT2D eigenvalue weighted by molar-refractivity contribution is -0.137. The van der Waals surface area contributed by atoms with Crippen LogP contribution in [0.3, 0.4) is 0 Å². The van der Waals surface area contributed by atoms with Crippen LogP contribution in [0.1, 0.15) is 47.7 Å². The minimum atomic E-state index is -0.790. The first-order valence-electron chi connectivity index (χ1n) is 7.18. The summed E-state index contributed by atoms with van der Waals surface area (Å²) in [5.41, 5.74) is 3.35. The van der Waals surface area contributed by atoms with E-state index in [9.17, 15) is 9.59 Å². The van der Waals surface area contributed by atoms with Crippen LogP contribution in [0.4, 0.5) is 0 Å². The number of hydrogen-bond acceptors (Lipinski definition) is 2. The van der Waals surface area contributed by atoms with Crippen LogP contribution in [0.25, 0.3) is 0 Å². The maximum absolute atomic E-state index is 12.1. The van der Waals surface area contributed by atoms with Crippen molar-refractivity contribution >= 4 is 11.9 Å². The average molecular weight is 275 g/mol. The minimum Gasteiger partial charge on any atom is -0.481 e. The van der Waals surface area contributed by atoms with Gasteiger partial charge < -0.3 is 10.4 Å². The van der Waals surface area contributed by atoms with E-state index in [4.69, 9.17) is 5.11 Å². The largest absolute Gasteiger partial charge is 0.481 e. The molecule has 0 bridgehead atoms. The maximum Gasteiger partial charge on any atom is 0.303 e. The van der Waals surface area contributed by atoms with Gasteiger partial charge in [-0.25, -0.2) is 0 Å². The highest BCUT2D eigenvalue weighted by Crippen LogP contribution is 2.22. The number of fused-ring (bicyclic) bond motifs is 1. The first-order chi connectivity index (χ1) is 9.56. The molecule has 20 heavy (non-hydrogen) atoms. The topological polar surface area (TPSA) is 66.4 Å². The molecule has 1 aromatic rings. The molecule has 1 unspecified atom stereocenters. The molecule has 0 spiro atoms. The molecule has 0 aliphatic heterocycles. The predicted molar refractivity (Wildman–Crippen MR) is 76.8 cm³/mol. The van der Waals surface area contributed by atoms with E-state index in [2.05, 4.69) is 5.32 Å². The van der Waals surface area contributed by atoms with Crippen molar-refractivity contribution in [3.05, 3.63) is 34.9 Å². The molecule has 2 rings (SSSR count). The van der Waals surface area contributed by atoms with Crippen molar-refractivity contribution in [1.29, 1.82) is 0 Å². The molecule has 4 heteroatoms. The number of carbonyl (C=O) groups is 2. The minimum absolute atomic E-state index is 0.0677. The van der Waals surface area contributed by atoms with Gasteiger partial charge >= 0.3 is 5.97 Å². The highest BCUT2D eigenvalue weighted by atomic mass is 16.4. The van der Waals surface area contributed by atoms with Gasteiger partial charge in [-0.1, -0.05) is 13.0 Å². The number of carbonyl (C=O) groups excluding carboxylic acids is 1. The molecule has 4 nitrogen and oxygen atoms in total. The van der Waals surface area contributed by atoms with Gasteiger partial charge in [-0.05, 0) is 54.9 Å². The third-order valence-corrected chi connectivity index (χ3v) is 3.82. The van der Waals surface area contributed by atoms with Gasteiger partial charge in [-0.15, -0.1) is 0 Å². The summed E-state index contributed by atoms with van der Waals surface area (Å²) in [5, 5.41) is 11.5. The van der Waals surface area contributed by atoms with Gasteiger partial charge in [-0.3, -0.25) is 9.59 Å². The third-order valence-electron chi connectivity index (χ3n) is 3.82. The molecule has 0 saturated carbocycles. The standard InChI is InChI=1S/C16H21NO3/c1-11(5-8-15(18)19)10-17-16(20)14-7-6-12-3-2-4-13(12)9-14/h6-7,9,11H,2-5,8,10H2,1H3,(H,17,20)(H,18,19). The Kier molecular flexibility index (Phi) is 4.77. The summed E-state index contributed by atoms with van der Waals surface area (Å²) in [7, 11) is 0.